The number of nitrogens with zero attached hydrogens (tertiary/aromatic N) is 2. The highest BCUT2D eigenvalue weighted by molar-refractivity contribution is 6.07. The zero-order valence-electron chi connectivity index (χ0n) is 38.7. The normalized spacial score (nSPS) is 15.4. The number of ether oxygens (including phenoxy) is 1. The van der Waals surface area contributed by atoms with Crippen LogP contribution in [-0.2, 0) is 22.7 Å². The molecule has 2 atom stereocenters. The van der Waals surface area contributed by atoms with E-state index in [2.05, 4.69) is 10.6 Å². The van der Waals surface area contributed by atoms with Gasteiger partial charge in [0.1, 0.15) is 23.6 Å². The van der Waals surface area contributed by atoms with Crippen molar-refractivity contribution in [2.24, 2.45) is 0 Å². The minimum Gasteiger partial charge on any atom is -0.508 e. The third-order valence-corrected chi connectivity index (χ3v) is 11.7. The first-order chi connectivity index (χ1) is 31.4. The molecule has 2 aliphatic rings. The maximum atomic E-state index is 13.7. The van der Waals surface area contributed by atoms with Crippen LogP contribution < -0.4 is 15.4 Å². The highest BCUT2D eigenvalue weighted by atomic mass is 19.1. The average Bonchev–Trinajstić information content (AvgIpc) is 3.72. The minimum absolute atomic E-state index is 0.0543. The molecule has 2 unspecified atom stereocenters. The van der Waals surface area contributed by atoms with Gasteiger partial charge in [-0.1, -0.05) is 121 Å². The lowest BCUT2D eigenvalue weighted by atomic mass is 9.97. The highest BCUT2D eigenvalue weighted by Gasteiger charge is 2.45. The molecule has 6 aromatic rings. The van der Waals surface area contributed by atoms with E-state index >= 15 is 0 Å². The quantitative estimate of drug-likeness (QED) is 0.126. The van der Waals surface area contributed by atoms with E-state index in [1.807, 2.05) is 151 Å². The van der Waals surface area contributed by atoms with Crippen molar-refractivity contribution >= 4 is 23.6 Å². The Kier molecular flexibility index (Phi) is 13.5. The Morgan fingerprint density at radius 1 is 0.576 bits per heavy atom. The first kappa shape index (κ1) is 46.7. The molecule has 0 aliphatic carbocycles. The molecule has 340 valence electrons. The molecule has 10 nitrogen and oxygen atoms in total. The Labute approximate surface area is 386 Å². The maximum Gasteiger partial charge on any atom is 0.255 e. The van der Waals surface area contributed by atoms with Gasteiger partial charge >= 0.3 is 0 Å². The van der Waals surface area contributed by atoms with E-state index in [1.165, 1.54) is 0 Å². The Balaban J connectivity index is 0.000000197. The number of amides is 4. The number of alkyl halides is 1. The van der Waals surface area contributed by atoms with E-state index in [1.54, 1.807) is 47.9 Å². The molecule has 66 heavy (non-hydrogen) atoms. The maximum absolute atomic E-state index is 13.7. The molecule has 8 rings (SSSR count). The third kappa shape index (κ3) is 9.85. The molecule has 11 heteroatoms. The van der Waals surface area contributed by atoms with E-state index in [9.17, 15) is 28.7 Å². The predicted octanol–water partition coefficient (Wildman–Crippen LogP) is 10.6. The largest absolute Gasteiger partial charge is 0.508 e. The van der Waals surface area contributed by atoms with Crippen LogP contribution in [0, 0.1) is 13.8 Å². The molecule has 0 spiro atoms. The standard InChI is InChI=1S/C28H29FN2O3.C27H28N2O3/c1-18-23(34-17-29)15-14-22-24(18)27(33)31(25(22)26(32)30-28(2,3)4)16-20-12-8-9-13-21(20)19-10-6-5-7-11-19;1-17-22(30)15-14-21-23(17)26(32)29(24(21)25(31)28-27(2,3)4)16-19-12-8-9-13-20(19)18-10-6-5-7-11-18/h5-15,25H,16-17H2,1-4H3,(H,30,32);5-15,24,30H,16H2,1-4H3,(H,28,31). The molecule has 4 amide bonds. The fourth-order valence-corrected chi connectivity index (χ4v) is 8.78. The second kappa shape index (κ2) is 19.1. The monoisotopic (exact) mass is 888 g/mol. The van der Waals surface area contributed by atoms with Crippen molar-refractivity contribution in [3.05, 3.63) is 178 Å². The van der Waals surface area contributed by atoms with Crippen molar-refractivity contribution < 1.29 is 33.4 Å². The van der Waals surface area contributed by atoms with Crippen LogP contribution in [0.2, 0.25) is 0 Å². The summed E-state index contributed by atoms with van der Waals surface area (Å²) in [6, 6.07) is 40.7. The average molecular weight is 889 g/mol. The summed E-state index contributed by atoms with van der Waals surface area (Å²) in [6.45, 7) is 14.4. The molecule has 3 N–H and O–H groups in total. The van der Waals surface area contributed by atoms with E-state index in [0.717, 1.165) is 33.4 Å². The van der Waals surface area contributed by atoms with E-state index in [4.69, 9.17) is 4.74 Å². The molecule has 0 saturated carbocycles. The van der Waals surface area contributed by atoms with Crippen molar-refractivity contribution in [3.8, 4) is 33.8 Å². The van der Waals surface area contributed by atoms with Crippen LogP contribution in [0.1, 0.15) is 108 Å². The summed E-state index contributed by atoms with van der Waals surface area (Å²) in [7, 11) is 0. The Hall–Kier alpha value is -7.27. The lowest BCUT2D eigenvalue weighted by molar-refractivity contribution is -0.128. The number of aromatic hydroxyl groups is 1. The van der Waals surface area contributed by atoms with Crippen LogP contribution in [0.4, 0.5) is 4.39 Å². The summed E-state index contributed by atoms with van der Waals surface area (Å²) in [4.78, 5) is 57.3. The molecular weight excluding hydrogens is 832 g/mol. The van der Waals surface area contributed by atoms with Gasteiger partial charge in [0.25, 0.3) is 11.8 Å². The number of benzene rings is 6. The number of fused-ring (bicyclic) bond motifs is 2. The zero-order chi connectivity index (χ0) is 47.5. The molecule has 0 saturated heterocycles. The van der Waals surface area contributed by atoms with Crippen molar-refractivity contribution in [2.75, 3.05) is 6.86 Å². The molecule has 0 fully saturated rings. The number of phenols is 1. The summed E-state index contributed by atoms with van der Waals surface area (Å²) in [5, 5.41) is 16.3. The summed E-state index contributed by atoms with van der Waals surface area (Å²) in [5.41, 5.74) is 8.16. The Morgan fingerprint density at radius 2 is 0.970 bits per heavy atom. The van der Waals surface area contributed by atoms with Gasteiger partial charge in [0, 0.05) is 35.3 Å². The number of carbonyl (C=O) groups excluding carboxylic acids is 4. The molecule has 6 aromatic carbocycles. The second-order valence-corrected chi connectivity index (χ2v) is 18.8. The number of hydrogen-bond donors (Lipinski definition) is 3. The van der Waals surface area contributed by atoms with Crippen LogP contribution in [0.5, 0.6) is 11.5 Å². The predicted molar refractivity (Wildman–Crippen MR) is 255 cm³/mol. The molecule has 0 bridgehead atoms. The van der Waals surface area contributed by atoms with E-state index in [0.29, 0.717) is 39.1 Å². The number of phenolic OH excluding ortho intramolecular Hbond substituents is 1. The second-order valence-electron chi connectivity index (χ2n) is 18.8. The van der Waals surface area contributed by atoms with Gasteiger partial charge in [-0.05, 0) is 112 Å². The summed E-state index contributed by atoms with van der Waals surface area (Å²) in [6.07, 6.45) is 0. The van der Waals surface area contributed by atoms with Crippen molar-refractivity contribution in [1.29, 1.82) is 0 Å². The third-order valence-electron chi connectivity index (χ3n) is 11.7. The number of hydrogen-bond acceptors (Lipinski definition) is 6. The molecule has 2 aliphatic heterocycles. The van der Waals surface area contributed by atoms with Crippen molar-refractivity contribution in [1.82, 2.24) is 20.4 Å². The summed E-state index contributed by atoms with van der Waals surface area (Å²) >= 11 is 0. The van der Waals surface area contributed by atoms with E-state index in [-0.39, 0.29) is 42.5 Å². The van der Waals surface area contributed by atoms with Gasteiger partial charge in [0.2, 0.25) is 18.7 Å². The van der Waals surface area contributed by atoms with E-state index < -0.39 is 30.0 Å². The highest BCUT2D eigenvalue weighted by Crippen LogP contribution is 2.42. The topological polar surface area (TPSA) is 128 Å². The number of rotatable bonds is 10. The SMILES string of the molecule is Cc1c(O)ccc2c1C(=O)N(Cc1ccccc1-c1ccccc1)C2C(=O)NC(C)(C)C.Cc1c(OCF)ccc2c1C(=O)N(Cc1ccccc1-c1ccccc1)C2C(=O)NC(C)(C)C. The van der Waals surface area contributed by atoms with Gasteiger partial charge in [-0.15, -0.1) is 0 Å². The molecule has 2 heterocycles. The summed E-state index contributed by atoms with van der Waals surface area (Å²) in [5.74, 6) is -0.643. The number of halogens is 1. The fraction of sp³-hybridized carbons (Fsp3) is 0.273. The van der Waals surface area contributed by atoms with Crippen LogP contribution in [0.25, 0.3) is 22.3 Å². The summed E-state index contributed by atoms with van der Waals surface area (Å²) < 4.78 is 18.0. The lowest BCUT2D eigenvalue weighted by Gasteiger charge is -2.29. The van der Waals surface area contributed by atoms with Gasteiger partial charge < -0.3 is 30.3 Å². The van der Waals surface area contributed by atoms with Gasteiger partial charge in [-0.2, -0.15) is 0 Å². The van der Waals surface area contributed by atoms with Crippen LogP contribution in [0.15, 0.2) is 133 Å². The molecule has 0 aromatic heterocycles. The molecule has 0 radical (unpaired) electrons. The Bertz CT molecular complexity index is 2780. The molecular formula is C55H57FN4O6. The van der Waals surface area contributed by atoms with Gasteiger partial charge in [-0.3, -0.25) is 19.2 Å². The first-order valence-electron chi connectivity index (χ1n) is 22.1. The van der Waals surface area contributed by atoms with Gasteiger partial charge in [0.05, 0.1) is 11.1 Å². The van der Waals surface area contributed by atoms with Gasteiger partial charge in [0.15, 0.2) is 0 Å². The zero-order valence-corrected chi connectivity index (χ0v) is 38.7. The number of carbonyl (C=O) groups is 4. The Morgan fingerprint density at radius 3 is 1.39 bits per heavy atom. The van der Waals surface area contributed by atoms with Gasteiger partial charge in [-0.25, -0.2) is 4.39 Å². The van der Waals surface area contributed by atoms with Crippen LogP contribution >= 0.6 is 0 Å². The minimum atomic E-state index is -0.990. The lowest BCUT2D eigenvalue weighted by Crippen LogP contribution is -2.46. The van der Waals surface area contributed by atoms with Crippen LogP contribution in [0.3, 0.4) is 0 Å². The fourth-order valence-electron chi connectivity index (χ4n) is 8.78. The van der Waals surface area contributed by atoms with Crippen molar-refractivity contribution in [3.63, 3.8) is 0 Å². The first-order valence-corrected chi connectivity index (χ1v) is 22.1. The van der Waals surface area contributed by atoms with Crippen molar-refractivity contribution in [2.45, 2.75) is 91.6 Å². The smallest absolute Gasteiger partial charge is 0.255 e. The van der Waals surface area contributed by atoms with Crippen LogP contribution in [-0.4, -0.2) is 56.5 Å². The number of nitrogens with one attached hydrogen (secondary N) is 2.